The van der Waals surface area contributed by atoms with E-state index in [9.17, 15) is 9.90 Å². The first-order valence-corrected chi connectivity index (χ1v) is 5.78. The smallest absolute Gasteiger partial charge is 0.327 e. The molecule has 0 fully saturated rings. The molecule has 0 radical (unpaired) electrons. The van der Waals surface area contributed by atoms with Gasteiger partial charge in [0.15, 0.2) is 0 Å². The van der Waals surface area contributed by atoms with Crippen molar-refractivity contribution in [2.75, 3.05) is 20.2 Å². The summed E-state index contributed by atoms with van der Waals surface area (Å²) in [6, 6.07) is 3.68. The molecule has 102 valence electrons. The van der Waals surface area contributed by atoms with Gasteiger partial charge in [-0.1, -0.05) is 22.8 Å². The average Bonchev–Trinajstić information content (AvgIpc) is 2.41. The molecule has 1 atom stereocenters. The van der Waals surface area contributed by atoms with Crippen molar-refractivity contribution in [2.45, 2.75) is 6.04 Å². The molecule has 0 saturated carbocycles. The molecule has 1 unspecified atom stereocenters. The summed E-state index contributed by atoms with van der Waals surface area (Å²) in [5.41, 5.74) is 8.72. The van der Waals surface area contributed by atoms with Gasteiger partial charge in [0, 0.05) is 18.0 Å². The number of methoxy groups -OCH3 is 1. The van der Waals surface area contributed by atoms with Gasteiger partial charge in [-0.15, -0.1) is 0 Å². The molecule has 0 heterocycles. The number of esters is 1. The second-order valence-electron chi connectivity index (χ2n) is 3.58. The zero-order valence-electron chi connectivity index (χ0n) is 10.2. The summed E-state index contributed by atoms with van der Waals surface area (Å²) < 4.78 is 4.68. The summed E-state index contributed by atoms with van der Waals surface area (Å²) in [6.45, 7) is 0.512. The quantitative estimate of drug-likeness (QED) is 0.274. The van der Waals surface area contributed by atoms with E-state index in [1.165, 1.54) is 19.2 Å². The molecule has 7 nitrogen and oxygen atoms in total. The second kappa shape index (κ2) is 7.48. The number of nitrogens with one attached hydrogen (secondary N) is 1. The number of ether oxygens (including phenoxy) is 1. The van der Waals surface area contributed by atoms with E-state index in [0.29, 0.717) is 12.1 Å². The molecule has 0 saturated heterocycles. The van der Waals surface area contributed by atoms with E-state index in [1.807, 2.05) is 0 Å². The first-order valence-electron chi connectivity index (χ1n) is 5.40. The molecular formula is C11H13ClN4O3. The van der Waals surface area contributed by atoms with Crippen LogP contribution in [0.3, 0.4) is 0 Å². The van der Waals surface area contributed by atoms with Crippen LogP contribution >= 0.6 is 11.6 Å². The van der Waals surface area contributed by atoms with Crippen molar-refractivity contribution >= 4 is 17.6 Å². The monoisotopic (exact) mass is 284 g/mol. The molecule has 0 bridgehead atoms. The first-order chi connectivity index (χ1) is 9.10. The largest absolute Gasteiger partial charge is 0.506 e. The van der Waals surface area contributed by atoms with Gasteiger partial charge in [0.2, 0.25) is 0 Å². The van der Waals surface area contributed by atoms with Crippen molar-refractivity contribution in [1.82, 2.24) is 5.32 Å². The number of carbonyl (C=O) groups is 1. The molecule has 2 N–H and O–H groups in total. The SMILES string of the molecule is COC(=O)C(NCCN=[N+]=[N-])c1ccc(O)c(Cl)c1. The van der Waals surface area contributed by atoms with Crippen LogP contribution in [0.1, 0.15) is 11.6 Å². The van der Waals surface area contributed by atoms with Crippen LogP contribution in [0.2, 0.25) is 5.02 Å². The first kappa shape index (κ1) is 15.1. The maximum absolute atomic E-state index is 11.7. The summed E-state index contributed by atoms with van der Waals surface area (Å²) in [6.07, 6.45) is 0. The third kappa shape index (κ3) is 4.33. The highest BCUT2D eigenvalue weighted by Crippen LogP contribution is 2.27. The summed E-state index contributed by atoms with van der Waals surface area (Å²) in [7, 11) is 1.27. The maximum Gasteiger partial charge on any atom is 0.327 e. The third-order valence-corrected chi connectivity index (χ3v) is 2.67. The summed E-state index contributed by atoms with van der Waals surface area (Å²) in [5, 5.41) is 15.7. The van der Waals surface area contributed by atoms with Gasteiger partial charge in [0.05, 0.1) is 12.1 Å². The predicted octanol–water partition coefficient (Wildman–Crippen LogP) is 2.16. The van der Waals surface area contributed by atoms with Gasteiger partial charge in [0.25, 0.3) is 0 Å². The van der Waals surface area contributed by atoms with E-state index in [1.54, 1.807) is 6.07 Å². The normalized spacial score (nSPS) is 11.5. The average molecular weight is 285 g/mol. The molecule has 19 heavy (non-hydrogen) atoms. The van der Waals surface area contributed by atoms with Crippen LogP contribution in [0.5, 0.6) is 5.75 Å². The molecular weight excluding hydrogens is 272 g/mol. The van der Waals surface area contributed by atoms with E-state index in [-0.39, 0.29) is 17.3 Å². The van der Waals surface area contributed by atoms with Gasteiger partial charge >= 0.3 is 5.97 Å². The van der Waals surface area contributed by atoms with Crippen LogP contribution < -0.4 is 5.32 Å². The molecule has 0 amide bonds. The van der Waals surface area contributed by atoms with Crippen LogP contribution in [0.15, 0.2) is 23.3 Å². The Morgan fingerprint density at radius 2 is 2.42 bits per heavy atom. The Hall–Kier alpha value is -1.95. The van der Waals surface area contributed by atoms with Crippen molar-refractivity contribution in [3.8, 4) is 5.75 Å². The highest BCUT2D eigenvalue weighted by atomic mass is 35.5. The Morgan fingerprint density at radius 1 is 1.68 bits per heavy atom. The van der Waals surface area contributed by atoms with E-state index in [4.69, 9.17) is 17.1 Å². The van der Waals surface area contributed by atoms with E-state index >= 15 is 0 Å². The number of phenols is 1. The van der Waals surface area contributed by atoms with Crippen LogP contribution in [0.25, 0.3) is 10.4 Å². The van der Waals surface area contributed by atoms with Gasteiger partial charge < -0.3 is 15.2 Å². The fraction of sp³-hybridized carbons (Fsp3) is 0.364. The van der Waals surface area contributed by atoms with Crippen LogP contribution in [0, 0.1) is 0 Å². The minimum absolute atomic E-state index is 0.0666. The zero-order valence-corrected chi connectivity index (χ0v) is 11.0. The predicted molar refractivity (Wildman–Crippen MR) is 69.9 cm³/mol. The summed E-state index contributed by atoms with van der Waals surface area (Å²) in [5.74, 6) is -0.564. The van der Waals surface area contributed by atoms with Crippen molar-refractivity contribution in [2.24, 2.45) is 5.11 Å². The van der Waals surface area contributed by atoms with Crippen molar-refractivity contribution in [1.29, 1.82) is 0 Å². The molecule has 0 aliphatic carbocycles. The number of nitrogens with zero attached hydrogens (tertiary/aromatic N) is 3. The number of aromatic hydroxyl groups is 1. The lowest BCUT2D eigenvalue weighted by Gasteiger charge is -2.16. The molecule has 0 aliphatic heterocycles. The number of hydrogen-bond donors (Lipinski definition) is 2. The standard InChI is InChI=1S/C11H13ClN4O3/c1-19-11(18)10(14-4-5-15-16-13)7-2-3-9(17)8(12)6-7/h2-3,6,10,14,17H,4-5H2,1H3. The molecule has 0 spiro atoms. The molecule has 1 aromatic rings. The number of azide groups is 1. The number of rotatable bonds is 6. The van der Waals surface area contributed by atoms with E-state index in [2.05, 4.69) is 20.1 Å². The second-order valence-corrected chi connectivity index (χ2v) is 3.98. The van der Waals surface area contributed by atoms with Gasteiger partial charge in [-0.3, -0.25) is 0 Å². The number of hydrogen-bond acceptors (Lipinski definition) is 5. The van der Waals surface area contributed by atoms with Crippen molar-refractivity contribution in [3.05, 3.63) is 39.2 Å². The molecule has 0 aromatic heterocycles. The van der Waals surface area contributed by atoms with E-state index < -0.39 is 12.0 Å². The highest BCUT2D eigenvalue weighted by molar-refractivity contribution is 6.32. The Labute approximate surface area is 114 Å². The fourth-order valence-electron chi connectivity index (χ4n) is 1.46. The molecule has 1 rings (SSSR count). The number of benzene rings is 1. The van der Waals surface area contributed by atoms with Gasteiger partial charge in [0.1, 0.15) is 11.8 Å². The minimum atomic E-state index is -0.739. The van der Waals surface area contributed by atoms with Crippen LogP contribution in [0.4, 0.5) is 0 Å². The Balaban J connectivity index is 2.86. The topological polar surface area (TPSA) is 107 Å². The molecule has 0 aliphatic rings. The Morgan fingerprint density at radius 3 is 3.00 bits per heavy atom. The molecule has 8 heteroatoms. The lowest BCUT2D eigenvalue weighted by molar-refractivity contribution is -0.143. The number of halogens is 1. The van der Waals surface area contributed by atoms with Gasteiger partial charge in [-0.05, 0) is 23.2 Å². The fourth-order valence-corrected chi connectivity index (χ4v) is 1.65. The Bertz CT molecular complexity index is 503. The number of phenolic OH excluding ortho intramolecular Hbond substituents is 1. The highest BCUT2D eigenvalue weighted by Gasteiger charge is 2.21. The van der Waals surface area contributed by atoms with Crippen LogP contribution in [-0.4, -0.2) is 31.3 Å². The Kier molecular flexibility index (Phi) is 5.95. The van der Waals surface area contributed by atoms with Crippen LogP contribution in [-0.2, 0) is 9.53 Å². The zero-order chi connectivity index (χ0) is 14.3. The van der Waals surface area contributed by atoms with E-state index in [0.717, 1.165) is 0 Å². The van der Waals surface area contributed by atoms with Gasteiger partial charge in [-0.25, -0.2) is 4.79 Å². The molecule has 1 aromatic carbocycles. The van der Waals surface area contributed by atoms with Gasteiger partial charge in [-0.2, -0.15) is 0 Å². The third-order valence-electron chi connectivity index (χ3n) is 2.37. The lowest BCUT2D eigenvalue weighted by atomic mass is 10.1. The van der Waals surface area contributed by atoms with Crippen molar-refractivity contribution < 1.29 is 14.6 Å². The number of carbonyl (C=O) groups excluding carboxylic acids is 1. The minimum Gasteiger partial charge on any atom is -0.506 e. The van der Waals surface area contributed by atoms with Crippen molar-refractivity contribution in [3.63, 3.8) is 0 Å². The maximum atomic E-state index is 11.7. The summed E-state index contributed by atoms with van der Waals surface area (Å²) >= 11 is 5.79. The lowest BCUT2D eigenvalue weighted by Crippen LogP contribution is -2.31. The summed E-state index contributed by atoms with van der Waals surface area (Å²) in [4.78, 5) is 14.3.